The molecule has 0 atom stereocenters. The lowest BCUT2D eigenvalue weighted by Crippen LogP contribution is -2.25. The molecule has 0 aliphatic carbocycles. The van der Waals surface area contributed by atoms with Crippen molar-refractivity contribution >= 4 is 17.8 Å². The Labute approximate surface area is 185 Å². The van der Waals surface area contributed by atoms with Crippen molar-refractivity contribution in [3.05, 3.63) is 58.1 Å². The maximum atomic E-state index is 12.1. The molecule has 0 bridgehead atoms. The van der Waals surface area contributed by atoms with Crippen LogP contribution in [0.1, 0.15) is 33.8 Å². The number of hydrogen-bond donors (Lipinski definition) is 2. The van der Waals surface area contributed by atoms with Crippen LogP contribution in [0.15, 0.2) is 33.8 Å². The van der Waals surface area contributed by atoms with Crippen molar-refractivity contribution in [1.82, 2.24) is 9.99 Å². The summed E-state index contributed by atoms with van der Waals surface area (Å²) in [5, 5.41) is 16.6. The summed E-state index contributed by atoms with van der Waals surface area (Å²) in [5.41, 5.74) is 7.15. The molecule has 0 spiro atoms. The van der Waals surface area contributed by atoms with Gasteiger partial charge in [-0.2, -0.15) is 10.4 Å². The minimum Gasteiger partial charge on any atom is -0.454 e. The van der Waals surface area contributed by atoms with Crippen LogP contribution in [0, 0.1) is 39.0 Å². The van der Waals surface area contributed by atoms with Crippen LogP contribution in [-0.2, 0) is 4.79 Å². The Morgan fingerprint density at radius 1 is 1.22 bits per heavy atom. The molecular formula is C23H23N5O4. The van der Waals surface area contributed by atoms with E-state index < -0.39 is 0 Å². The van der Waals surface area contributed by atoms with E-state index in [1.807, 2.05) is 44.4 Å². The molecule has 0 fully saturated rings. The van der Waals surface area contributed by atoms with E-state index >= 15 is 0 Å². The number of aryl methyl sites for hydroxylation is 2. The Balaban J connectivity index is 1.41. The van der Waals surface area contributed by atoms with Gasteiger partial charge in [-0.15, -0.1) is 0 Å². The van der Waals surface area contributed by atoms with Crippen molar-refractivity contribution in [2.24, 2.45) is 5.10 Å². The molecule has 32 heavy (non-hydrogen) atoms. The largest absolute Gasteiger partial charge is 0.454 e. The van der Waals surface area contributed by atoms with E-state index in [1.165, 1.54) is 0 Å². The lowest BCUT2D eigenvalue weighted by atomic mass is 10.2. The standard InChI is InChI=1S/C23H23N5O4/c1-13-7-17(15(3)28(13)23-19(9-24)14(2)16(4)32-23)10-26-27-22(29)11-25-18-5-6-20-21(8-18)31-12-30-20/h5-8,10,25H,11-12H2,1-4H3,(H,27,29)/b26-10-. The molecule has 3 heterocycles. The van der Waals surface area contributed by atoms with Crippen LogP contribution >= 0.6 is 0 Å². The summed E-state index contributed by atoms with van der Waals surface area (Å²) in [7, 11) is 0. The van der Waals surface area contributed by atoms with Crippen LogP contribution in [0.4, 0.5) is 5.69 Å². The van der Waals surface area contributed by atoms with Crippen LogP contribution in [-0.4, -0.2) is 30.0 Å². The zero-order chi connectivity index (χ0) is 22.8. The fourth-order valence-electron chi connectivity index (χ4n) is 3.53. The number of fused-ring (bicyclic) bond motifs is 1. The molecule has 1 aliphatic heterocycles. The van der Waals surface area contributed by atoms with Gasteiger partial charge < -0.3 is 19.2 Å². The summed E-state index contributed by atoms with van der Waals surface area (Å²) in [6.07, 6.45) is 1.58. The first-order chi connectivity index (χ1) is 15.4. The van der Waals surface area contributed by atoms with Crippen molar-refractivity contribution in [3.8, 4) is 23.5 Å². The number of nitrogens with one attached hydrogen (secondary N) is 2. The van der Waals surface area contributed by atoms with Gasteiger partial charge in [0, 0.05) is 34.3 Å². The van der Waals surface area contributed by atoms with E-state index in [0.717, 1.165) is 28.2 Å². The van der Waals surface area contributed by atoms with Gasteiger partial charge in [0.05, 0.1) is 12.8 Å². The molecule has 0 saturated carbocycles. The van der Waals surface area contributed by atoms with E-state index in [4.69, 9.17) is 13.9 Å². The molecule has 164 valence electrons. The Kier molecular flexibility index (Phi) is 5.60. The highest BCUT2D eigenvalue weighted by atomic mass is 16.7. The van der Waals surface area contributed by atoms with E-state index in [1.54, 1.807) is 18.3 Å². The Morgan fingerprint density at radius 3 is 2.78 bits per heavy atom. The first kappa shape index (κ1) is 21.1. The summed E-state index contributed by atoms with van der Waals surface area (Å²) in [4.78, 5) is 12.1. The third-order valence-electron chi connectivity index (χ3n) is 5.37. The van der Waals surface area contributed by atoms with Gasteiger partial charge in [-0.3, -0.25) is 9.36 Å². The second kappa shape index (κ2) is 8.51. The SMILES string of the molecule is Cc1oc(-n2c(C)cc(/C=N\NC(=O)CNc3ccc4c(c3)OCO4)c2C)c(C#N)c1C. The second-order valence-electron chi connectivity index (χ2n) is 7.45. The van der Waals surface area contributed by atoms with Crippen LogP contribution < -0.4 is 20.2 Å². The topological polar surface area (TPSA) is 114 Å². The number of hydrazone groups is 1. The van der Waals surface area contributed by atoms with Crippen LogP contribution in [0.25, 0.3) is 5.88 Å². The molecular weight excluding hydrogens is 410 g/mol. The summed E-state index contributed by atoms with van der Waals surface area (Å²) >= 11 is 0. The minimum absolute atomic E-state index is 0.0481. The quantitative estimate of drug-likeness (QED) is 0.455. The number of hydrogen-bond acceptors (Lipinski definition) is 7. The van der Waals surface area contributed by atoms with Gasteiger partial charge in [0.25, 0.3) is 5.91 Å². The number of furan rings is 1. The van der Waals surface area contributed by atoms with Crippen LogP contribution in [0.2, 0.25) is 0 Å². The number of aromatic nitrogens is 1. The number of carbonyl (C=O) groups is 1. The molecule has 2 N–H and O–H groups in total. The first-order valence-electron chi connectivity index (χ1n) is 10.0. The third-order valence-corrected chi connectivity index (χ3v) is 5.37. The fraction of sp³-hybridized carbons (Fsp3) is 0.261. The van der Waals surface area contributed by atoms with Gasteiger partial charge in [0.1, 0.15) is 17.4 Å². The molecule has 0 saturated heterocycles. The van der Waals surface area contributed by atoms with E-state index in [9.17, 15) is 10.1 Å². The van der Waals surface area contributed by atoms with Gasteiger partial charge in [0.15, 0.2) is 11.5 Å². The third kappa shape index (κ3) is 3.90. The maximum Gasteiger partial charge on any atom is 0.259 e. The number of anilines is 1. The number of nitriles is 1. The lowest BCUT2D eigenvalue weighted by Gasteiger charge is -2.07. The van der Waals surface area contributed by atoms with Crippen molar-refractivity contribution in [2.75, 3.05) is 18.7 Å². The maximum absolute atomic E-state index is 12.1. The average Bonchev–Trinajstić information content (AvgIpc) is 3.42. The minimum atomic E-state index is -0.295. The summed E-state index contributed by atoms with van der Waals surface area (Å²) in [6, 6.07) is 9.52. The highest BCUT2D eigenvalue weighted by Gasteiger charge is 2.20. The van der Waals surface area contributed by atoms with Gasteiger partial charge >= 0.3 is 0 Å². The summed E-state index contributed by atoms with van der Waals surface area (Å²) in [6.45, 7) is 7.78. The summed E-state index contributed by atoms with van der Waals surface area (Å²) in [5.74, 6) is 2.24. The monoisotopic (exact) mass is 433 g/mol. The van der Waals surface area contributed by atoms with Gasteiger partial charge in [-0.1, -0.05) is 0 Å². The summed E-state index contributed by atoms with van der Waals surface area (Å²) < 4.78 is 18.3. The predicted molar refractivity (Wildman–Crippen MR) is 118 cm³/mol. The smallest absolute Gasteiger partial charge is 0.259 e. The number of carbonyl (C=O) groups excluding carboxylic acids is 1. The highest BCUT2D eigenvalue weighted by molar-refractivity contribution is 5.85. The fourth-order valence-corrected chi connectivity index (χ4v) is 3.53. The van der Waals surface area contributed by atoms with Gasteiger partial charge in [-0.05, 0) is 45.9 Å². The van der Waals surface area contributed by atoms with Crippen molar-refractivity contribution in [3.63, 3.8) is 0 Å². The van der Waals surface area contributed by atoms with Crippen molar-refractivity contribution < 1.29 is 18.7 Å². The van der Waals surface area contributed by atoms with E-state index in [0.29, 0.717) is 28.7 Å². The molecule has 1 aliphatic rings. The van der Waals surface area contributed by atoms with E-state index in [-0.39, 0.29) is 19.2 Å². The zero-order valence-electron chi connectivity index (χ0n) is 18.3. The Morgan fingerprint density at radius 2 is 2.00 bits per heavy atom. The molecule has 3 aromatic rings. The molecule has 9 heteroatoms. The van der Waals surface area contributed by atoms with Gasteiger partial charge in [0.2, 0.25) is 12.7 Å². The number of nitrogens with zero attached hydrogens (tertiary/aromatic N) is 3. The molecule has 4 rings (SSSR count). The normalized spacial score (nSPS) is 12.2. The number of rotatable bonds is 6. The molecule has 2 aromatic heterocycles. The van der Waals surface area contributed by atoms with Crippen LogP contribution in [0.3, 0.4) is 0 Å². The van der Waals surface area contributed by atoms with Crippen molar-refractivity contribution in [2.45, 2.75) is 27.7 Å². The number of amides is 1. The molecule has 0 unspecified atom stereocenters. The molecule has 1 amide bonds. The number of benzene rings is 1. The molecule has 9 nitrogen and oxygen atoms in total. The molecule has 0 radical (unpaired) electrons. The van der Waals surface area contributed by atoms with Crippen molar-refractivity contribution in [1.29, 1.82) is 5.26 Å². The zero-order valence-corrected chi connectivity index (χ0v) is 18.3. The molecule has 1 aromatic carbocycles. The van der Waals surface area contributed by atoms with E-state index in [2.05, 4.69) is 21.9 Å². The lowest BCUT2D eigenvalue weighted by molar-refractivity contribution is -0.119. The van der Waals surface area contributed by atoms with Crippen LogP contribution in [0.5, 0.6) is 11.5 Å². The first-order valence-corrected chi connectivity index (χ1v) is 10.0. The predicted octanol–water partition coefficient (Wildman–Crippen LogP) is 3.47. The average molecular weight is 433 g/mol. The van der Waals surface area contributed by atoms with Gasteiger partial charge in [-0.25, -0.2) is 5.43 Å². The Hall–Kier alpha value is -4.19. The second-order valence-corrected chi connectivity index (χ2v) is 7.45. The highest BCUT2D eigenvalue weighted by Crippen LogP contribution is 2.34. The number of ether oxygens (including phenoxy) is 2. The Bertz CT molecular complexity index is 1260.